The fraction of sp³-hybridized carbons (Fsp3) is 0.929. The number of hydrogen-bond acceptors (Lipinski definition) is 2. The third-order valence-corrected chi connectivity index (χ3v) is 4.16. The van der Waals surface area contributed by atoms with Crippen LogP contribution >= 0.6 is 0 Å². The molecule has 0 spiro atoms. The Morgan fingerprint density at radius 3 is 1.88 bits per heavy atom. The first kappa shape index (κ1) is 13.7. The van der Waals surface area contributed by atoms with Gasteiger partial charge >= 0.3 is 0 Å². The van der Waals surface area contributed by atoms with Gasteiger partial charge in [-0.05, 0) is 30.1 Å². The minimum Gasteiger partial charge on any atom is -0.366 e. The molecule has 2 nitrogen and oxygen atoms in total. The van der Waals surface area contributed by atoms with E-state index in [1.807, 2.05) is 0 Å². The maximum atomic E-state index is 11.6. The van der Waals surface area contributed by atoms with Gasteiger partial charge < -0.3 is 4.74 Å². The number of ketones is 1. The van der Waals surface area contributed by atoms with Gasteiger partial charge in [0.05, 0.1) is 6.10 Å². The van der Waals surface area contributed by atoms with Crippen molar-refractivity contribution < 1.29 is 9.53 Å². The SMILES string of the molecule is CC(=O)C1O[C@@H](C(C)(C)C)C(C)[C@@H](C)[C@@H]1C. The molecule has 94 valence electrons. The van der Waals surface area contributed by atoms with Gasteiger partial charge in [-0.2, -0.15) is 0 Å². The lowest BCUT2D eigenvalue weighted by Crippen LogP contribution is -2.52. The van der Waals surface area contributed by atoms with Gasteiger partial charge in [0.25, 0.3) is 0 Å². The highest BCUT2D eigenvalue weighted by atomic mass is 16.5. The third kappa shape index (κ3) is 2.48. The van der Waals surface area contributed by atoms with Crippen molar-refractivity contribution in [2.45, 2.75) is 60.7 Å². The number of rotatable bonds is 1. The van der Waals surface area contributed by atoms with E-state index in [0.29, 0.717) is 17.8 Å². The molecule has 0 amide bonds. The monoisotopic (exact) mass is 226 g/mol. The zero-order chi connectivity index (χ0) is 12.7. The van der Waals surface area contributed by atoms with Crippen LogP contribution in [0.4, 0.5) is 0 Å². The van der Waals surface area contributed by atoms with Crippen molar-refractivity contribution in [3.05, 3.63) is 0 Å². The summed E-state index contributed by atoms with van der Waals surface area (Å²) >= 11 is 0. The second kappa shape index (κ2) is 4.48. The molecule has 2 unspecified atom stereocenters. The quantitative estimate of drug-likeness (QED) is 0.685. The standard InChI is InChI=1S/C14H26O2/c1-8-9(2)12(11(4)15)16-13(10(8)3)14(5,6)7/h8-10,12-13H,1-7H3/t8-,9-,10?,12?,13+/m0/s1. The van der Waals surface area contributed by atoms with Gasteiger partial charge in [-0.15, -0.1) is 0 Å². The van der Waals surface area contributed by atoms with Crippen molar-refractivity contribution >= 4 is 5.78 Å². The van der Waals surface area contributed by atoms with E-state index in [9.17, 15) is 4.79 Å². The molecule has 1 fully saturated rings. The Labute approximate surface area is 99.8 Å². The summed E-state index contributed by atoms with van der Waals surface area (Å²) in [6, 6.07) is 0. The van der Waals surface area contributed by atoms with Crippen molar-refractivity contribution in [2.24, 2.45) is 23.2 Å². The largest absolute Gasteiger partial charge is 0.366 e. The van der Waals surface area contributed by atoms with Gasteiger partial charge in [-0.3, -0.25) is 4.79 Å². The van der Waals surface area contributed by atoms with Crippen LogP contribution in [-0.2, 0) is 9.53 Å². The van der Waals surface area contributed by atoms with Crippen molar-refractivity contribution in [1.82, 2.24) is 0 Å². The number of carbonyl (C=O) groups excluding carboxylic acids is 1. The van der Waals surface area contributed by atoms with E-state index in [1.165, 1.54) is 0 Å². The van der Waals surface area contributed by atoms with Crippen LogP contribution < -0.4 is 0 Å². The maximum Gasteiger partial charge on any atom is 0.158 e. The summed E-state index contributed by atoms with van der Waals surface area (Å²) in [5.41, 5.74) is 0.0987. The zero-order valence-corrected chi connectivity index (χ0v) is 11.7. The first-order valence-electron chi connectivity index (χ1n) is 6.32. The molecule has 0 aromatic carbocycles. The van der Waals surface area contributed by atoms with Gasteiger partial charge in [0.2, 0.25) is 0 Å². The molecule has 0 saturated carbocycles. The van der Waals surface area contributed by atoms with E-state index in [-0.39, 0.29) is 23.4 Å². The topological polar surface area (TPSA) is 26.3 Å². The van der Waals surface area contributed by atoms with Crippen LogP contribution in [0.3, 0.4) is 0 Å². The molecular formula is C14H26O2. The lowest BCUT2D eigenvalue weighted by molar-refractivity contribution is -0.178. The molecule has 0 aromatic heterocycles. The minimum absolute atomic E-state index is 0.0987. The van der Waals surface area contributed by atoms with Crippen LogP contribution in [0.15, 0.2) is 0 Å². The Hall–Kier alpha value is -0.370. The molecule has 1 aliphatic rings. The van der Waals surface area contributed by atoms with Crippen LogP contribution in [0, 0.1) is 23.2 Å². The average molecular weight is 226 g/mol. The predicted molar refractivity (Wildman–Crippen MR) is 66.3 cm³/mol. The van der Waals surface area contributed by atoms with E-state index in [2.05, 4.69) is 41.5 Å². The van der Waals surface area contributed by atoms with E-state index < -0.39 is 0 Å². The molecule has 2 heteroatoms. The smallest absolute Gasteiger partial charge is 0.158 e. The van der Waals surface area contributed by atoms with Gasteiger partial charge in [-0.25, -0.2) is 0 Å². The molecule has 1 rings (SSSR count). The number of Topliss-reactive ketones (excluding diaryl/α,β-unsaturated/α-hetero) is 1. The maximum absolute atomic E-state index is 11.6. The van der Waals surface area contributed by atoms with Crippen LogP contribution in [0.25, 0.3) is 0 Å². The Balaban J connectivity index is 2.94. The highest BCUT2D eigenvalue weighted by molar-refractivity contribution is 5.80. The molecule has 16 heavy (non-hydrogen) atoms. The lowest BCUT2D eigenvalue weighted by Gasteiger charge is -2.47. The van der Waals surface area contributed by atoms with Crippen molar-refractivity contribution in [2.75, 3.05) is 0 Å². The molecule has 0 N–H and O–H groups in total. The highest BCUT2D eigenvalue weighted by Crippen LogP contribution is 2.41. The minimum atomic E-state index is -0.213. The van der Waals surface area contributed by atoms with Crippen LogP contribution in [0.1, 0.15) is 48.5 Å². The Kier molecular flexibility index (Phi) is 3.83. The Morgan fingerprint density at radius 1 is 1.00 bits per heavy atom. The molecule has 5 atom stereocenters. The van der Waals surface area contributed by atoms with Gasteiger partial charge in [-0.1, -0.05) is 41.5 Å². The molecule has 0 aliphatic carbocycles. The first-order chi connectivity index (χ1) is 7.16. The molecule has 1 aliphatic heterocycles. The zero-order valence-electron chi connectivity index (χ0n) is 11.7. The first-order valence-corrected chi connectivity index (χ1v) is 6.32. The average Bonchev–Trinajstić information content (AvgIpc) is 2.11. The summed E-state index contributed by atoms with van der Waals surface area (Å²) in [7, 11) is 0. The highest BCUT2D eigenvalue weighted by Gasteiger charge is 2.45. The summed E-state index contributed by atoms with van der Waals surface area (Å²) in [4.78, 5) is 11.6. The normalized spacial score (nSPS) is 40.8. The van der Waals surface area contributed by atoms with Crippen LogP contribution in [0.5, 0.6) is 0 Å². The molecule has 1 saturated heterocycles. The summed E-state index contributed by atoms with van der Waals surface area (Å²) in [6.45, 7) is 14.8. The van der Waals surface area contributed by atoms with Gasteiger partial charge in [0, 0.05) is 0 Å². The number of ether oxygens (including phenoxy) is 1. The molecule has 0 radical (unpaired) electrons. The number of hydrogen-bond donors (Lipinski definition) is 0. The summed E-state index contributed by atoms with van der Waals surface area (Å²) in [5, 5.41) is 0. The van der Waals surface area contributed by atoms with Gasteiger partial charge in [0.15, 0.2) is 5.78 Å². The van der Waals surface area contributed by atoms with Gasteiger partial charge in [0.1, 0.15) is 6.10 Å². The van der Waals surface area contributed by atoms with Crippen molar-refractivity contribution in [1.29, 1.82) is 0 Å². The van der Waals surface area contributed by atoms with Crippen molar-refractivity contribution in [3.8, 4) is 0 Å². The second-order valence-corrected chi connectivity index (χ2v) is 6.53. The van der Waals surface area contributed by atoms with E-state index in [1.54, 1.807) is 6.92 Å². The number of carbonyl (C=O) groups is 1. The van der Waals surface area contributed by atoms with Crippen LogP contribution in [0.2, 0.25) is 0 Å². The van der Waals surface area contributed by atoms with E-state index in [4.69, 9.17) is 4.74 Å². The van der Waals surface area contributed by atoms with E-state index >= 15 is 0 Å². The molecule has 0 aromatic rings. The van der Waals surface area contributed by atoms with Crippen LogP contribution in [-0.4, -0.2) is 18.0 Å². The third-order valence-electron chi connectivity index (χ3n) is 4.16. The fourth-order valence-corrected chi connectivity index (χ4v) is 2.89. The second-order valence-electron chi connectivity index (χ2n) is 6.53. The summed E-state index contributed by atoms with van der Waals surface area (Å²) < 4.78 is 6.06. The predicted octanol–water partition coefficient (Wildman–Crippen LogP) is 3.30. The fourth-order valence-electron chi connectivity index (χ4n) is 2.89. The Morgan fingerprint density at radius 2 is 1.50 bits per heavy atom. The summed E-state index contributed by atoms with van der Waals surface area (Å²) in [5.74, 6) is 1.53. The molecular weight excluding hydrogens is 200 g/mol. The van der Waals surface area contributed by atoms with E-state index in [0.717, 1.165) is 0 Å². The lowest BCUT2D eigenvalue weighted by atomic mass is 9.69. The van der Waals surface area contributed by atoms with Crippen molar-refractivity contribution in [3.63, 3.8) is 0 Å². The Bertz CT molecular complexity index is 264. The molecule has 0 bridgehead atoms. The molecule has 1 heterocycles. The summed E-state index contributed by atoms with van der Waals surface area (Å²) in [6.07, 6.45) is -0.0389.